The summed E-state index contributed by atoms with van der Waals surface area (Å²) in [6, 6.07) is 0.0224. The van der Waals surface area contributed by atoms with E-state index >= 15 is 0 Å². The number of nitrogens with zero attached hydrogens (tertiary/aromatic N) is 2. The van der Waals surface area contributed by atoms with E-state index in [4.69, 9.17) is 14.6 Å². The third-order valence-electron chi connectivity index (χ3n) is 5.27. The fourth-order valence-electron chi connectivity index (χ4n) is 3.70. The van der Waals surface area contributed by atoms with E-state index in [0.717, 1.165) is 56.7 Å². The van der Waals surface area contributed by atoms with Gasteiger partial charge in [0, 0.05) is 37.3 Å². The van der Waals surface area contributed by atoms with Crippen LogP contribution in [0.5, 0.6) is 0 Å². The zero-order chi connectivity index (χ0) is 22.0. The molecule has 2 N–H and O–H groups in total. The first-order valence-corrected chi connectivity index (χ1v) is 12.0. The van der Waals surface area contributed by atoms with Gasteiger partial charge in [0.25, 0.3) is 0 Å². The molecule has 30 heavy (non-hydrogen) atoms. The summed E-state index contributed by atoms with van der Waals surface area (Å²) in [6.07, 6.45) is 0.912. The predicted octanol–water partition coefficient (Wildman–Crippen LogP) is 1.98. The molecule has 0 bridgehead atoms. The predicted molar refractivity (Wildman–Crippen MR) is 102 cm³/mol. The highest BCUT2D eigenvalue weighted by Gasteiger charge is 2.45. The lowest BCUT2D eigenvalue weighted by molar-refractivity contribution is -0.192. The number of halogens is 3. The standard InChI is InChI=1S/C15H23N3O3S2.C2HF3O2/c19-23(20,13-1-2-13)17-12-3-7-21-15(9-12)4-6-18(11-15)10-14-16-5-8-22-14;3-2(4,5)1(6)7/h5,8,12-13,17H,1-4,6-7,9-11H2;(H,6,7)/t12-,15-;/m1./s1. The number of thiazole rings is 1. The van der Waals surface area contributed by atoms with Gasteiger partial charge in [-0.05, 0) is 32.1 Å². The molecular weight excluding hydrogens is 447 g/mol. The van der Waals surface area contributed by atoms with Crippen molar-refractivity contribution < 1.29 is 36.2 Å². The maximum atomic E-state index is 12.2. The molecule has 2 saturated heterocycles. The molecule has 3 heterocycles. The van der Waals surface area contributed by atoms with Gasteiger partial charge in [-0.2, -0.15) is 13.2 Å². The number of carbonyl (C=O) groups is 1. The van der Waals surface area contributed by atoms with E-state index in [1.54, 1.807) is 11.3 Å². The number of rotatable bonds is 5. The smallest absolute Gasteiger partial charge is 0.475 e. The summed E-state index contributed by atoms with van der Waals surface area (Å²) in [5.74, 6) is -2.76. The van der Waals surface area contributed by atoms with Gasteiger partial charge in [-0.3, -0.25) is 4.90 Å². The molecule has 0 aromatic carbocycles. The normalized spacial score (nSPS) is 27.6. The number of ether oxygens (including phenoxy) is 1. The highest BCUT2D eigenvalue weighted by molar-refractivity contribution is 7.90. The monoisotopic (exact) mass is 471 g/mol. The van der Waals surface area contributed by atoms with Crippen LogP contribution in [0.3, 0.4) is 0 Å². The fourth-order valence-corrected chi connectivity index (χ4v) is 5.98. The highest BCUT2D eigenvalue weighted by atomic mass is 32.2. The Morgan fingerprint density at radius 2 is 2.10 bits per heavy atom. The highest BCUT2D eigenvalue weighted by Crippen LogP contribution is 2.36. The van der Waals surface area contributed by atoms with E-state index in [-0.39, 0.29) is 16.9 Å². The van der Waals surface area contributed by atoms with Crippen molar-refractivity contribution >= 4 is 27.3 Å². The second-order valence-electron chi connectivity index (χ2n) is 7.77. The molecule has 1 saturated carbocycles. The van der Waals surface area contributed by atoms with E-state index in [1.807, 2.05) is 11.6 Å². The number of alkyl halides is 3. The van der Waals surface area contributed by atoms with Gasteiger partial charge in [-0.25, -0.2) is 22.9 Å². The fraction of sp³-hybridized carbons (Fsp3) is 0.765. The number of hydrogen-bond donors (Lipinski definition) is 2. The van der Waals surface area contributed by atoms with Crippen LogP contribution in [0.1, 0.15) is 37.1 Å². The summed E-state index contributed by atoms with van der Waals surface area (Å²) in [5, 5.41) is 10.1. The van der Waals surface area contributed by atoms with Crippen molar-refractivity contribution in [3.05, 3.63) is 16.6 Å². The van der Waals surface area contributed by atoms with Crippen molar-refractivity contribution in [2.45, 2.75) is 61.7 Å². The van der Waals surface area contributed by atoms with Gasteiger partial charge in [-0.1, -0.05) is 0 Å². The average molecular weight is 472 g/mol. The first-order valence-electron chi connectivity index (χ1n) is 9.55. The number of likely N-dealkylation sites (tertiary alicyclic amines) is 1. The topological polar surface area (TPSA) is 109 Å². The Balaban J connectivity index is 0.000000318. The van der Waals surface area contributed by atoms with Crippen LogP contribution in [-0.2, 0) is 26.1 Å². The number of carboxylic acid groups (broad SMARTS) is 1. The molecule has 170 valence electrons. The first-order chi connectivity index (χ1) is 14.0. The van der Waals surface area contributed by atoms with Gasteiger partial charge in [0.05, 0.1) is 17.4 Å². The van der Waals surface area contributed by atoms with Gasteiger partial charge in [0.15, 0.2) is 0 Å². The van der Waals surface area contributed by atoms with Crippen LogP contribution in [-0.4, -0.2) is 72.1 Å². The third kappa shape index (κ3) is 6.36. The van der Waals surface area contributed by atoms with Crippen molar-refractivity contribution in [2.75, 3.05) is 19.7 Å². The molecule has 0 amide bonds. The minimum Gasteiger partial charge on any atom is -0.475 e. The number of nitrogens with one attached hydrogen (secondary N) is 1. The number of hydrogen-bond acceptors (Lipinski definition) is 7. The van der Waals surface area contributed by atoms with Crippen LogP contribution >= 0.6 is 11.3 Å². The van der Waals surface area contributed by atoms with E-state index in [9.17, 15) is 21.6 Å². The first kappa shape index (κ1) is 23.4. The molecule has 3 aliphatic rings. The largest absolute Gasteiger partial charge is 0.490 e. The summed E-state index contributed by atoms with van der Waals surface area (Å²) in [4.78, 5) is 15.6. The molecule has 1 aromatic rings. The van der Waals surface area contributed by atoms with E-state index in [1.165, 1.54) is 0 Å². The second kappa shape index (κ2) is 9.07. The van der Waals surface area contributed by atoms with Crippen molar-refractivity contribution in [2.24, 2.45) is 0 Å². The van der Waals surface area contributed by atoms with Gasteiger partial charge in [0.1, 0.15) is 5.01 Å². The van der Waals surface area contributed by atoms with Gasteiger partial charge < -0.3 is 9.84 Å². The summed E-state index contributed by atoms with van der Waals surface area (Å²) < 4.78 is 65.1. The molecule has 0 unspecified atom stereocenters. The summed E-state index contributed by atoms with van der Waals surface area (Å²) in [6.45, 7) is 3.36. The Morgan fingerprint density at radius 3 is 2.67 bits per heavy atom. The van der Waals surface area contributed by atoms with Crippen LogP contribution in [0.2, 0.25) is 0 Å². The number of aliphatic carboxylic acids is 1. The maximum absolute atomic E-state index is 12.2. The molecule has 1 aromatic heterocycles. The molecule has 4 rings (SSSR count). The number of aromatic nitrogens is 1. The van der Waals surface area contributed by atoms with Crippen LogP contribution in [0.25, 0.3) is 0 Å². The van der Waals surface area contributed by atoms with Gasteiger partial charge in [0.2, 0.25) is 10.0 Å². The Kier molecular flexibility index (Phi) is 7.07. The molecule has 0 radical (unpaired) electrons. The van der Waals surface area contributed by atoms with Gasteiger partial charge >= 0.3 is 12.1 Å². The lowest BCUT2D eigenvalue weighted by Gasteiger charge is -2.38. The van der Waals surface area contributed by atoms with Crippen LogP contribution < -0.4 is 4.72 Å². The summed E-state index contributed by atoms with van der Waals surface area (Å²) >= 11 is 1.68. The quantitative estimate of drug-likeness (QED) is 0.676. The Hall–Kier alpha value is -1.28. The zero-order valence-corrected chi connectivity index (χ0v) is 17.7. The van der Waals surface area contributed by atoms with Crippen molar-refractivity contribution in [3.8, 4) is 0 Å². The summed E-state index contributed by atoms with van der Waals surface area (Å²) in [5.41, 5.74) is -0.188. The Labute approximate surface area is 176 Å². The zero-order valence-electron chi connectivity index (χ0n) is 16.1. The van der Waals surface area contributed by atoms with Crippen LogP contribution in [0, 0.1) is 0 Å². The molecule has 8 nitrogen and oxygen atoms in total. The van der Waals surface area contributed by atoms with E-state index in [2.05, 4.69) is 14.6 Å². The molecule has 1 spiro atoms. The Bertz CT molecular complexity index is 830. The molecule has 2 aliphatic heterocycles. The lowest BCUT2D eigenvalue weighted by atomic mass is 9.90. The minimum atomic E-state index is -5.08. The molecular formula is C17H24F3N3O5S2. The van der Waals surface area contributed by atoms with Crippen molar-refractivity contribution in [1.29, 1.82) is 0 Å². The van der Waals surface area contributed by atoms with Crippen molar-refractivity contribution in [3.63, 3.8) is 0 Å². The van der Waals surface area contributed by atoms with Gasteiger partial charge in [-0.15, -0.1) is 11.3 Å². The molecule has 1 aliphatic carbocycles. The van der Waals surface area contributed by atoms with Crippen molar-refractivity contribution in [1.82, 2.24) is 14.6 Å². The van der Waals surface area contributed by atoms with Crippen LogP contribution in [0.4, 0.5) is 13.2 Å². The lowest BCUT2D eigenvalue weighted by Crippen LogP contribution is -2.50. The number of carboxylic acids is 1. The Morgan fingerprint density at radius 1 is 1.40 bits per heavy atom. The third-order valence-corrected chi connectivity index (χ3v) is 8.04. The number of sulfonamides is 1. The maximum Gasteiger partial charge on any atom is 0.490 e. The van der Waals surface area contributed by atoms with Crippen LogP contribution in [0.15, 0.2) is 11.6 Å². The van der Waals surface area contributed by atoms with E-state index in [0.29, 0.717) is 6.61 Å². The minimum absolute atomic E-state index is 0.0224. The summed E-state index contributed by atoms with van der Waals surface area (Å²) in [7, 11) is -3.11. The second-order valence-corrected chi connectivity index (χ2v) is 10.7. The average Bonchev–Trinajstić information content (AvgIpc) is 3.28. The SMILES string of the molecule is O=C(O)C(F)(F)F.O=S(=O)(N[C@@H]1CCO[C@]2(CCN(Cc3nccs3)C2)C1)C1CC1. The molecule has 13 heteroatoms. The molecule has 3 fully saturated rings. The molecule has 2 atom stereocenters. The van der Waals surface area contributed by atoms with E-state index < -0.39 is 22.2 Å².